The zero-order valence-electron chi connectivity index (χ0n) is 15.5. The van der Waals surface area contributed by atoms with E-state index in [1.54, 1.807) is 6.20 Å². The van der Waals surface area contributed by atoms with Crippen LogP contribution in [0.25, 0.3) is 10.9 Å². The first-order valence-corrected chi connectivity index (χ1v) is 9.07. The van der Waals surface area contributed by atoms with Crippen LogP contribution in [0.1, 0.15) is 46.1 Å². The van der Waals surface area contributed by atoms with Crippen molar-refractivity contribution < 1.29 is 4.79 Å². The van der Waals surface area contributed by atoms with Gasteiger partial charge in [0.15, 0.2) is 0 Å². The van der Waals surface area contributed by atoms with Crippen LogP contribution in [0.15, 0.2) is 36.5 Å². The number of pyridine rings is 1. The lowest BCUT2D eigenvalue weighted by Gasteiger charge is -2.25. The van der Waals surface area contributed by atoms with Crippen molar-refractivity contribution in [3.05, 3.63) is 42.1 Å². The van der Waals surface area contributed by atoms with Gasteiger partial charge in [-0.15, -0.1) is 0 Å². The molecule has 0 aliphatic rings. The number of aromatic nitrogens is 1. The van der Waals surface area contributed by atoms with E-state index in [9.17, 15) is 4.79 Å². The first-order valence-electron chi connectivity index (χ1n) is 9.07. The van der Waals surface area contributed by atoms with Gasteiger partial charge in [-0.1, -0.05) is 52.0 Å². The Morgan fingerprint density at radius 1 is 1.00 bits per heavy atom. The molecule has 1 aromatic heterocycles. The summed E-state index contributed by atoms with van der Waals surface area (Å²) in [6.45, 7) is 10.5. The van der Waals surface area contributed by atoms with Gasteiger partial charge in [0.25, 0.3) is 0 Å². The van der Waals surface area contributed by atoms with Gasteiger partial charge < -0.3 is 4.90 Å². The minimum absolute atomic E-state index is 0.217. The van der Waals surface area contributed by atoms with E-state index in [2.05, 4.69) is 32.7 Å². The number of amides is 1. The molecule has 0 atom stereocenters. The summed E-state index contributed by atoms with van der Waals surface area (Å²) in [5, 5.41) is 1.10. The molecule has 0 fully saturated rings. The summed E-state index contributed by atoms with van der Waals surface area (Å²) in [4.78, 5) is 19.4. The average Bonchev–Trinajstić information content (AvgIpc) is 2.54. The molecule has 3 heteroatoms. The van der Waals surface area contributed by atoms with Gasteiger partial charge in [-0.2, -0.15) is 0 Å². The molecule has 0 aliphatic carbocycles. The van der Waals surface area contributed by atoms with Gasteiger partial charge in [-0.05, 0) is 36.3 Å². The Bertz CT molecular complexity index is 646. The fraction of sp³-hybridized carbons (Fsp3) is 0.524. The topological polar surface area (TPSA) is 33.2 Å². The van der Waals surface area contributed by atoms with Crippen LogP contribution in [0, 0.1) is 11.8 Å². The molecule has 1 aromatic carbocycles. The van der Waals surface area contributed by atoms with E-state index in [1.165, 1.54) is 0 Å². The van der Waals surface area contributed by atoms with Gasteiger partial charge in [0.2, 0.25) is 5.91 Å². The molecule has 24 heavy (non-hydrogen) atoms. The van der Waals surface area contributed by atoms with E-state index in [0.29, 0.717) is 18.3 Å². The van der Waals surface area contributed by atoms with Gasteiger partial charge in [-0.25, -0.2) is 0 Å². The lowest BCUT2D eigenvalue weighted by Crippen LogP contribution is -2.35. The van der Waals surface area contributed by atoms with Crippen molar-refractivity contribution >= 4 is 16.8 Å². The van der Waals surface area contributed by atoms with Crippen molar-refractivity contribution in [1.29, 1.82) is 0 Å². The highest BCUT2D eigenvalue weighted by molar-refractivity contribution is 5.87. The largest absolute Gasteiger partial charge is 0.342 e. The lowest BCUT2D eigenvalue weighted by atomic mass is 10.0. The zero-order chi connectivity index (χ0) is 17.5. The number of benzene rings is 1. The highest BCUT2D eigenvalue weighted by atomic mass is 16.2. The van der Waals surface area contributed by atoms with Crippen LogP contribution in [0.2, 0.25) is 0 Å². The first-order chi connectivity index (χ1) is 11.5. The number of hydrogen-bond donors (Lipinski definition) is 0. The lowest BCUT2D eigenvalue weighted by molar-refractivity contribution is -0.130. The molecule has 1 heterocycles. The Morgan fingerprint density at radius 2 is 1.62 bits per heavy atom. The third-order valence-electron chi connectivity index (χ3n) is 4.36. The normalized spacial score (nSPS) is 11.4. The van der Waals surface area contributed by atoms with E-state index in [0.717, 1.165) is 42.4 Å². The molecule has 1 amide bonds. The smallest absolute Gasteiger partial charge is 0.227 e. The number of rotatable bonds is 8. The van der Waals surface area contributed by atoms with Crippen molar-refractivity contribution in [3.8, 4) is 0 Å². The molecule has 0 spiro atoms. The highest BCUT2D eigenvalue weighted by Crippen LogP contribution is 2.18. The first kappa shape index (κ1) is 18.4. The summed E-state index contributed by atoms with van der Waals surface area (Å²) in [5.74, 6) is 1.44. The van der Waals surface area contributed by atoms with Crippen LogP contribution in [0.4, 0.5) is 0 Å². The molecule has 3 nitrogen and oxygen atoms in total. The molecule has 0 unspecified atom stereocenters. The number of fused-ring (bicyclic) bond motifs is 1. The quantitative estimate of drug-likeness (QED) is 0.704. The molecule has 2 rings (SSSR count). The third-order valence-corrected chi connectivity index (χ3v) is 4.36. The molecular weight excluding hydrogens is 296 g/mol. The molecule has 2 aromatic rings. The molecule has 0 bridgehead atoms. The number of nitrogens with zero attached hydrogens (tertiary/aromatic N) is 2. The predicted octanol–water partition coefficient (Wildman–Crippen LogP) is 4.70. The van der Waals surface area contributed by atoms with Crippen LogP contribution in [0.3, 0.4) is 0 Å². The Morgan fingerprint density at radius 3 is 2.25 bits per heavy atom. The SMILES string of the molecule is CC(C)CCN(CCC(C)C)C(=O)Cc1cccc2cccnc12. The van der Waals surface area contributed by atoms with E-state index in [-0.39, 0.29) is 5.91 Å². The van der Waals surface area contributed by atoms with Crippen LogP contribution < -0.4 is 0 Å². The number of carbonyl (C=O) groups excluding carboxylic acids is 1. The summed E-state index contributed by atoms with van der Waals surface area (Å²) >= 11 is 0. The van der Waals surface area contributed by atoms with Crippen molar-refractivity contribution in [3.63, 3.8) is 0 Å². The number of para-hydroxylation sites is 1. The van der Waals surface area contributed by atoms with Crippen molar-refractivity contribution in [2.75, 3.05) is 13.1 Å². The average molecular weight is 326 g/mol. The van der Waals surface area contributed by atoms with E-state index < -0.39 is 0 Å². The maximum Gasteiger partial charge on any atom is 0.227 e. The Balaban J connectivity index is 2.12. The summed E-state index contributed by atoms with van der Waals surface area (Å²) in [6, 6.07) is 10.1. The van der Waals surface area contributed by atoms with E-state index >= 15 is 0 Å². The second-order valence-corrected chi connectivity index (χ2v) is 7.41. The number of carbonyl (C=O) groups is 1. The van der Waals surface area contributed by atoms with Crippen molar-refractivity contribution in [2.45, 2.75) is 47.0 Å². The minimum atomic E-state index is 0.217. The standard InChI is InChI=1S/C21H30N2O/c1-16(2)10-13-23(14-11-17(3)4)20(24)15-19-8-5-7-18-9-6-12-22-21(18)19/h5-9,12,16-17H,10-11,13-15H2,1-4H3. The maximum atomic E-state index is 12.9. The molecule has 0 radical (unpaired) electrons. The Labute approximate surface area is 146 Å². The van der Waals surface area contributed by atoms with E-state index in [4.69, 9.17) is 0 Å². The molecular formula is C21H30N2O. The van der Waals surface area contributed by atoms with Crippen molar-refractivity contribution in [2.24, 2.45) is 11.8 Å². The molecule has 0 saturated carbocycles. The van der Waals surface area contributed by atoms with Crippen LogP contribution in [-0.2, 0) is 11.2 Å². The molecule has 0 aliphatic heterocycles. The Hall–Kier alpha value is -1.90. The predicted molar refractivity (Wildman–Crippen MR) is 101 cm³/mol. The van der Waals surface area contributed by atoms with Gasteiger partial charge >= 0.3 is 0 Å². The fourth-order valence-electron chi connectivity index (χ4n) is 2.77. The van der Waals surface area contributed by atoms with Crippen LogP contribution in [-0.4, -0.2) is 28.9 Å². The van der Waals surface area contributed by atoms with E-state index in [1.807, 2.05) is 35.2 Å². The second-order valence-electron chi connectivity index (χ2n) is 7.41. The van der Waals surface area contributed by atoms with Gasteiger partial charge in [0, 0.05) is 24.7 Å². The second kappa shape index (κ2) is 8.81. The van der Waals surface area contributed by atoms with Gasteiger partial charge in [0.1, 0.15) is 0 Å². The fourth-order valence-corrected chi connectivity index (χ4v) is 2.77. The summed E-state index contributed by atoms with van der Waals surface area (Å²) in [6.07, 6.45) is 4.34. The minimum Gasteiger partial charge on any atom is -0.342 e. The van der Waals surface area contributed by atoms with Gasteiger partial charge in [0.05, 0.1) is 11.9 Å². The Kier molecular flexibility index (Phi) is 6.77. The number of hydrogen-bond acceptors (Lipinski definition) is 2. The molecule has 0 saturated heterocycles. The summed E-state index contributed by atoms with van der Waals surface area (Å²) in [5.41, 5.74) is 1.97. The van der Waals surface area contributed by atoms with Gasteiger partial charge in [-0.3, -0.25) is 9.78 Å². The highest BCUT2D eigenvalue weighted by Gasteiger charge is 2.16. The third kappa shape index (κ3) is 5.33. The summed E-state index contributed by atoms with van der Waals surface area (Å²) in [7, 11) is 0. The molecule has 130 valence electrons. The summed E-state index contributed by atoms with van der Waals surface area (Å²) < 4.78 is 0. The maximum absolute atomic E-state index is 12.9. The monoisotopic (exact) mass is 326 g/mol. The molecule has 0 N–H and O–H groups in total. The van der Waals surface area contributed by atoms with Crippen molar-refractivity contribution in [1.82, 2.24) is 9.88 Å². The zero-order valence-corrected chi connectivity index (χ0v) is 15.5. The van der Waals surface area contributed by atoms with Crippen LogP contribution >= 0.6 is 0 Å². The van der Waals surface area contributed by atoms with Crippen LogP contribution in [0.5, 0.6) is 0 Å².